The zero-order valence-electron chi connectivity index (χ0n) is 12.1. The Morgan fingerprint density at radius 2 is 1.64 bits per heavy atom. The third-order valence-electron chi connectivity index (χ3n) is 3.88. The molecule has 22 heavy (non-hydrogen) atoms. The normalized spacial score (nSPS) is 12.4. The van der Waals surface area contributed by atoms with Crippen molar-refractivity contribution in [3.63, 3.8) is 0 Å². The number of rotatable bonds is 5. The van der Waals surface area contributed by atoms with E-state index in [0.717, 1.165) is 6.29 Å². The molecule has 0 bridgehead atoms. The Kier molecular flexibility index (Phi) is 4.19. The molecular weight excluding hydrogens is 278 g/mol. The fourth-order valence-electron chi connectivity index (χ4n) is 2.88. The molecule has 1 amide bonds. The summed E-state index contributed by atoms with van der Waals surface area (Å²) in [5.41, 5.74) is 4.77. The maximum atomic E-state index is 11.6. The van der Waals surface area contributed by atoms with E-state index in [0.29, 0.717) is 19.6 Å². The van der Waals surface area contributed by atoms with Gasteiger partial charge in [-0.15, -0.1) is 0 Å². The number of alkyl carbamates (subject to hydrolysis) is 1. The summed E-state index contributed by atoms with van der Waals surface area (Å²) < 4.78 is 5.32. The molecule has 112 valence electrons. The van der Waals surface area contributed by atoms with Gasteiger partial charge < -0.3 is 14.8 Å². The maximum absolute atomic E-state index is 11.6. The molecule has 0 spiro atoms. The minimum Gasteiger partial charge on any atom is -0.449 e. The minimum absolute atomic E-state index is 0.0595. The average molecular weight is 295 g/mol. The second-order valence-corrected chi connectivity index (χ2v) is 5.21. The molecule has 0 saturated heterocycles. The highest BCUT2D eigenvalue weighted by Crippen LogP contribution is 2.44. The van der Waals surface area contributed by atoms with Crippen LogP contribution in [0.3, 0.4) is 0 Å². The lowest BCUT2D eigenvalue weighted by atomic mass is 9.98. The predicted octanol–water partition coefficient (Wildman–Crippen LogP) is 3.11. The van der Waals surface area contributed by atoms with Gasteiger partial charge >= 0.3 is 6.09 Å². The number of ether oxygens (including phenoxy) is 1. The van der Waals surface area contributed by atoms with Gasteiger partial charge in [-0.05, 0) is 22.3 Å². The lowest BCUT2D eigenvalue weighted by molar-refractivity contribution is -0.107. The van der Waals surface area contributed by atoms with Crippen LogP contribution in [0.5, 0.6) is 0 Å². The van der Waals surface area contributed by atoms with E-state index in [-0.39, 0.29) is 5.92 Å². The van der Waals surface area contributed by atoms with Crippen molar-refractivity contribution >= 4 is 12.4 Å². The summed E-state index contributed by atoms with van der Waals surface area (Å²) in [5, 5.41) is 2.56. The van der Waals surface area contributed by atoms with Crippen molar-refractivity contribution in [1.29, 1.82) is 0 Å². The summed E-state index contributed by atoms with van der Waals surface area (Å²) in [6.07, 6.45) is 0.581. The van der Waals surface area contributed by atoms with E-state index in [1.54, 1.807) is 0 Å². The van der Waals surface area contributed by atoms with Crippen LogP contribution in [0.2, 0.25) is 0 Å². The fraction of sp³-hybridized carbons (Fsp3) is 0.222. The Labute approximate surface area is 129 Å². The first-order chi connectivity index (χ1) is 10.8. The molecule has 2 aromatic carbocycles. The summed E-state index contributed by atoms with van der Waals surface area (Å²) >= 11 is 0. The molecule has 0 unspecified atom stereocenters. The van der Waals surface area contributed by atoms with Gasteiger partial charge in [0.05, 0.1) is 0 Å². The van der Waals surface area contributed by atoms with E-state index >= 15 is 0 Å². The number of carbonyl (C=O) groups is 2. The van der Waals surface area contributed by atoms with Gasteiger partial charge in [-0.1, -0.05) is 48.5 Å². The summed E-state index contributed by atoms with van der Waals surface area (Å²) in [5.74, 6) is 0.0595. The van der Waals surface area contributed by atoms with Crippen LogP contribution < -0.4 is 5.32 Å². The largest absolute Gasteiger partial charge is 0.449 e. The van der Waals surface area contributed by atoms with Gasteiger partial charge in [0.1, 0.15) is 12.9 Å². The van der Waals surface area contributed by atoms with Crippen molar-refractivity contribution in [3.8, 4) is 11.1 Å². The van der Waals surface area contributed by atoms with Gasteiger partial charge in [0, 0.05) is 18.9 Å². The van der Waals surface area contributed by atoms with Gasteiger partial charge in [0.15, 0.2) is 0 Å². The molecule has 2 aromatic rings. The maximum Gasteiger partial charge on any atom is 0.407 e. The third-order valence-corrected chi connectivity index (χ3v) is 3.88. The van der Waals surface area contributed by atoms with Crippen LogP contribution in [0.4, 0.5) is 4.79 Å². The van der Waals surface area contributed by atoms with Gasteiger partial charge in [0.25, 0.3) is 0 Å². The van der Waals surface area contributed by atoms with Crippen LogP contribution >= 0.6 is 0 Å². The van der Waals surface area contributed by atoms with E-state index in [4.69, 9.17) is 4.74 Å². The first kappa shape index (κ1) is 14.3. The zero-order valence-corrected chi connectivity index (χ0v) is 12.1. The first-order valence-electron chi connectivity index (χ1n) is 7.33. The van der Waals surface area contributed by atoms with E-state index in [1.165, 1.54) is 22.3 Å². The molecule has 0 atom stereocenters. The monoisotopic (exact) mass is 295 g/mol. The van der Waals surface area contributed by atoms with Gasteiger partial charge in [-0.2, -0.15) is 0 Å². The second kappa shape index (κ2) is 6.43. The van der Waals surface area contributed by atoms with Gasteiger partial charge in [0.2, 0.25) is 0 Å². The molecule has 0 aromatic heterocycles. The Bertz CT molecular complexity index is 651. The SMILES string of the molecule is O=CCCNC(=O)OCC1c2ccccc2-c2ccccc21. The Morgan fingerprint density at radius 1 is 1.05 bits per heavy atom. The number of hydrogen-bond donors (Lipinski definition) is 1. The summed E-state index contributed by atoms with van der Waals surface area (Å²) in [6, 6.07) is 16.4. The number of hydrogen-bond acceptors (Lipinski definition) is 3. The Balaban J connectivity index is 1.74. The van der Waals surface area contributed by atoms with E-state index in [9.17, 15) is 9.59 Å². The topological polar surface area (TPSA) is 55.4 Å². The average Bonchev–Trinajstić information content (AvgIpc) is 2.87. The van der Waals surface area contributed by atoms with Crippen molar-refractivity contribution in [2.24, 2.45) is 0 Å². The van der Waals surface area contributed by atoms with Crippen molar-refractivity contribution in [3.05, 3.63) is 59.7 Å². The molecule has 3 rings (SSSR count). The molecule has 0 saturated carbocycles. The number of amides is 1. The van der Waals surface area contributed by atoms with Crippen LogP contribution in [0, 0.1) is 0 Å². The lowest BCUT2D eigenvalue weighted by Crippen LogP contribution is -2.27. The Morgan fingerprint density at radius 3 is 2.23 bits per heavy atom. The van der Waals surface area contributed by atoms with Gasteiger partial charge in [-0.3, -0.25) is 0 Å². The third kappa shape index (κ3) is 2.72. The summed E-state index contributed by atoms with van der Waals surface area (Å²) in [4.78, 5) is 21.9. The molecule has 4 nitrogen and oxygen atoms in total. The van der Waals surface area contributed by atoms with Crippen LogP contribution in [-0.4, -0.2) is 25.5 Å². The summed E-state index contributed by atoms with van der Waals surface area (Å²) in [6.45, 7) is 0.598. The van der Waals surface area contributed by atoms with E-state index in [2.05, 4.69) is 29.6 Å². The lowest BCUT2D eigenvalue weighted by Gasteiger charge is -2.14. The van der Waals surface area contributed by atoms with E-state index in [1.807, 2.05) is 24.3 Å². The molecule has 0 fully saturated rings. The van der Waals surface area contributed by atoms with Crippen molar-refractivity contribution < 1.29 is 14.3 Å². The second-order valence-electron chi connectivity index (χ2n) is 5.21. The molecular formula is C18H17NO3. The number of nitrogens with one attached hydrogen (secondary N) is 1. The van der Waals surface area contributed by atoms with E-state index < -0.39 is 6.09 Å². The molecule has 4 heteroatoms. The molecule has 1 aliphatic carbocycles. The molecule has 1 N–H and O–H groups in total. The zero-order chi connectivity index (χ0) is 15.4. The fourth-order valence-corrected chi connectivity index (χ4v) is 2.88. The number of aldehydes is 1. The van der Waals surface area contributed by atoms with Crippen LogP contribution in [0.15, 0.2) is 48.5 Å². The highest BCUT2D eigenvalue weighted by atomic mass is 16.5. The number of carbonyl (C=O) groups excluding carboxylic acids is 2. The highest BCUT2D eigenvalue weighted by Gasteiger charge is 2.28. The molecule has 0 radical (unpaired) electrons. The van der Waals surface area contributed by atoms with Crippen molar-refractivity contribution in [2.75, 3.05) is 13.2 Å². The molecule has 1 aliphatic rings. The molecule has 0 aliphatic heterocycles. The number of fused-ring (bicyclic) bond motifs is 3. The Hall–Kier alpha value is -2.62. The van der Waals surface area contributed by atoms with Gasteiger partial charge in [-0.25, -0.2) is 4.79 Å². The smallest absolute Gasteiger partial charge is 0.407 e. The minimum atomic E-state index is -0.483. The summed E-state index contributed by atoms with van der Waals surface area (Å²) in [7, 11) is 0. The number of benzene rings is 2. The standard InChI is InChI=1S/C18H17NO3/c20-11-5-10-19-18(21)22-12-17-15-8-3-1-6-13(15)14-7-2-4-9-16(14)17/h1-4,6-9,11,17H,5,10,12H2,(H,19,21). The first-order valence-corrected chi connectivity index (χ1v) is 7.33. The quantitative estimate of drug-likeness (QED) is 0.681. The van der Waals surface area contributed by atoms with Crippen molar-refractivity contribution in [2.45, 2.75) is 12.3 Å². The van der Waals surface area contributed by atoms with Crippen molar-refractivity contribution in [1.82, 2.24) is 5.32 Å². The van der Waals surface area contributed by atoms with Crippen LogP contribution in [-0.2, 0) is 9.53 Å². The predicted molar refractivity (Wildman–Crippen MR) is 83.8 cm³/mol. The molecule has 0 heterocycles. The van der Waals surface area contributed by atoms with Crippen LogP contribution in [0.1, 0.15) is 23.5 Å². The highest BCUT2D eigenvalue weighted by molar-refractivity contribution is 5.79. The van der Waals surface area contributed by atoms with Crippen LogP contribution in [0.25, 0.3) is 11.1 Å².